The van der Waals surface area contributed by atoms with Gasteiger partial charge in [0.05, 0.1) is 5.02 Å². The standard InChI is InChI=1S/C14H21ClN2O2/c1-3-14(4-2,7-8-18)10-17-13(19)12-6-5-11(15)9-16-12/h5-6,9,18H,3-4,7-8,10H2,1-2H3,(H,17,19). The number of carbonyl (C=O) groups excluding carboxylic acids is 1. The highest BCUT2D eigenvalue weighted by Crippen LogP contribution is 2.29. The van der Waals surface area contributed by atoms with Gasteiger partial charge in [-0.05, 0) is 36.8 Å². The smallest absolute Gasteiger partial charge is 0.269 e. The maximum absolute atomic E-state index is 12.0. The Kier molecular flexibility index (Phi) is 6.25. The van der Waals surface area contributed by atoms with Crippen molar-refractivity contribution in [1.82, 2.24) is 10.3 Å². The highest BCUT2D eigenvalue weighted by atomic mass is 35.5. The molecule has 19 heavy (non-hydrogen) atoms. The number of hydrogen-bond acceptors (Lipinski definition) is 3. The van der Waals surface area contributed by atoms with Crippen molar-refractivity contribution in [3.05, 3.63) is 29.0 Å². The molecule has 1 heterocycles. The number of pyridine rings is 1. The number of amides is 1. The molecule has 0 fully saturated rings. The van der Waals surface area contributed by atoms with E-state index in [1.165, 1.54) is 6.20 Å². The van der Waals surface area contributed by atoms with Gasteiger partial charge < -0.3 is 10.4 Å². The second kappa shape index (κ2) is 7.46. The molecule has 0 radical (unpaired) electrons. The molecule has 5 heteroatoms. The summed E-state index contributed by atoms with van der Waals surface area (Å²) in [6.45, 7) is 4.83. The first kappa shape index (κ1) is 15.9. The molecule has 0 aliphatic heterocycles. The van der Waals surface area contributed by atoms with Crippen LogP contribution < -0.4 is 5.32 Å². The van der Waals surface area contributed by atoms with E-state index in [-0.39, 0.29) is 17.9 Å². The molecule has 106 valence electrons. The molecule has 1 amide bonds. The second-order valence-corrected chi connectivity index (χ2v) is 5.16. The molecule has 4 nitrogen and oxygen atoms in total. The highest BCUT2D eigenvalue weighted by Gasteiger charge is 2.26. The lowest BCUT2D eigenvalue weighted by atomic mass is 9.79. The summed E-state index contributed by atoms with van der Waals surface area (Å²) in [5.74, 6) is -0.208. The molecule has 2 N–H and O–H groups in total. The van der Waals surface area contributed by atoms with Gasteiger partial charge in [-0.3, -0.25) is 4.79 Å². The number of hydrogen-bond donors (Lipinski definition) is 2. The number of nitrogens with zero attached hydrogens (tertiary/aromatic N) is 1. The maximum atomic E-state index is 12.0. The minimum atomic E-state index is -0.208. The van der Waals surface area contributed by atoms with Gasteiger partial charge in [0, 0.05) is 19.3 Å². The van der Waals surface area contributed by atoms with Crippen molar-refractivity contribution in [2.24, 2.45) is 5.41 Å². The first-order valence-electron chi connectivity index (χ1n) is 6.57. The van der Waals surface area contributed by atoms with E-state index in [4.69, 9.17) is 16.7 Å². The predicted octanol–water partition coefficient (Wildman–Crippen LogP) is 2.65. The number of rotatable bonds is 7. The molecule has 0 atom stereocenters. The Bertz CT molecular complexity index is 402. The lowest BCUT2D eigenvalue weighted by molar-refractivity contribution is 0.0902. The third kappa shape index (κ3) is 4.48. The van der Waals surface area contributed by atoms with E-state index in [1.807, 2.05) is 0 Å². The van der Waals surface area contributed by atoms with Crippen LogP contribution in [0.5, 0.6) is 0 Å². The zero-order valence-electron chi connectivity index (χ0n) is 11.4. The Morgan fingerprint density at radius 3 is 2.58 bits per heavy atom. The van der Waals surface area contributed by atoms with Gasteiger partial charge in [0.2, 0.25) is 0 Å². The average Bonchev–Trinajstić information content (AvgIpc) is 2.44. The Morgan fingerprint density at radius 2 is 2.11 bits per heavy atom. The van der Waals surface area contributed by atoms with Gasteiger partial charge in [0.25, 0.3) is 5.91 Å². The Labute approximate surface area is 119 Å². The van der Waals surface area contributed by atoms with Crippen molar-refractivity contribution >= 4 is 17.5 Å². The monoisotopic (exact) mass is 284 g/mol. The van der Waals surface area contributed by atoms with Crippen molar-refractivity contribution in [2.45, 2.75) is 33.1 Å². The van der Waals surface area contributed by atoms with E-state index in [1.54, 1.807) is 12.1 Å². The largest absolute Gasteiger partial charge is 0.396 e. The van der Waals surface area contributed by atoms with E-state index < -0.39 is 0 Å². The summed E-state index contributed by atoms with van der Waals surface area (Å²) in [5.41, 5.74) is 0.311. The van der Waals surface area contributed by atoms with E-state index in [9.17, 15) is 4.79 Å². The number of carbonyl (C=O) groups is 1. The van der Waals surface area contributed by atoms with Crippen LogP contribution in [0.2, 0.25) is 5.02 Å². The quantitative estimate of drug-likeness (QED) is 0.809. The van der Waals surface area contributed by atoms with Crippen LogP contribution in [-0.4, -0.2) is 29.1 Å². The number of aliphatic hydroxyl groups excluding tert-OH is 1. The van der Waals surface area contributed by atoms with Gasteiger partial charge in [-0.2, -0.15) is 0 Å². The molecular weight excluding hydrogens is 264 g/mol. The number of halogens is 1. The van der Waals surface area contributed by atoms with Crippen LogP contribution >= 0.6 is 11.6 Å². The summed E-state index contributed by atoms with van der Waals surface area (Å²) in [6, 6.07) is 3.24. The molecule has 0 saturated carbocycles. The van der Waals surface area contributed by atoms with Crippen molar-refractivity contribution in [1.29, 1.82) is 0 Å². The van der Waals surface area contributed by atoms with E-state index in [2.05, 4.69) is 24.1 Å². The van der Waals surface area contributed by atoms with E-state index in [0.717, 1.165) is 12.8 Å². The first-order chi connectivity index (χ1) is 9.06. The van der Waals surface area contributed by atoms with Crippen LogP contribution in [0.3, 0.4) is 0 Å². The molecule has 1 aromatic rings. The van der Waals surface area contributed by atoms with Gasteiger partial charge in [0.1, 0.15) is 5.69 Å². The molecule has 0 bridgehead atoms. The van der Waals surface area contributed by atoms with Crippen LogP contribution in [-0.2, 0) is 0 Å². The number of aliphatic hydroxyl groups is 1. The predicted molar refractivity (Wildman–Crippen MR) is 76.3 cm³/mol. The topological polar surface area (TPSA) is 62.2 Å². The third-order valence-corrected chi connectivity index (χ3v) is 3.95. The summed E-state index contributed by atoms with van der Waals surface area (Å²) in [5, 5.41) is 12.5. The van der Waals surface area contributed by atoms with Crippen LogP contribution in [0.25, 0.3) is 0 Å². The molecule has 0 saturated heterocycles. The maximum Gasteiger partial charge on any atom is 0.269 e. The van der Waals surface area contributed by atoms with Crippen molar-refractivity contribution in [2.75, 3.05) is 13.2 Å². The zero-order chi connectivity index (χ0) is 14.3. The average molecular weight is 285 g/mol. The van der Waals surface area contributed by atoms with Gasteiger partial charge in [-0.1, -0.05) is 25.4 Å². The molecule has 0 aliphatic rings. The second-order valence-electron chi connectivity index (χ2n) is 4.73. The van der Waals surface area contributed by atoms with Gasteiger partial charge >= 0.3 is 0 Å². The van der Waals surface area contributed by atoms with Crippen molar-refractivity contribution in [3.63, 3.8) is 0 Å². The summed E-state index contributed by atoms with van der Waals surface area (Å²) in [7, 11) is 0. The van der Waals surface area contributed by atoms with E-state index in [0.29, 0.717) is 23.7 Å². The first-order valence-corrected chi connectivity index (χ1v) is 6.95. The molecule has 1 aromatic heterocycles. The fourth-order valence-electron chi connectivity index (χ4n) is 2.05. The summed E-state index contributed by atoms with van der Waals surface area (Å²) in [6.07, 6.45) is 3.97. The Morgan fingerprint density at radius 1 is 1.42 bits per heavy atom. The van der Waals surface area contributed by atoms with Crippen LogP contribution in [0.15, 0.2) is 18.3 Å². The molecule has 1 rings (SSSR count). The van der Waals surface area contributed by atoms with Crippen LogP contribution in [0, 0.1) is 5.41 Å². The minimum absolute atomic E-state index is 0.0448. The summed E-state index contributed by atoms with van der Waals surface area (Å²) < 4.78 is 0. The summed E-state index contributed by atoms with van der Waals surface area (Å²) >= 11 is 5.73. The number of nitrogens with one attached hydrogen (secondary N) is 1. The lowest BCUT2D eigenvalue weighted by Crippen LogP contribution is -2.38. The molecule has 0 spiro atoms. The molecule has 0 aliphatic carbocycles. The Hall–Kier alpha value is -1.13. The normalized spacial score (nSPS) is 11.4. The van der Waals surface area contributed by atoms with Crippen molar-refractivity contribution in [3.8, 4) is 0 Å². The lowest BCUT2D eigenvalue weighted by Gasteiger charge is -2.31. The molecule has 0 aromatic carbocycles. The summed E-state index contributed by atoms with van der Waals surface area (Å²) in [4.78, 5) is 15.9. The fraction of sp³-hybridized carbons (Fsp3) is 0.571. The fourth-order valence-corrected chi connectivity index (χ4v) is 2.16. The van der Waals surface area contributed by atoms with Gasteiger partial charge in [0.15, 0.2) is 0 Å². The molecular formula is C14H21ClN2O2. The van der Waals surface area contributed by atoms with Gasteiger partial charge in [-0.25, -0.2) is 4.98 Å². The molecule has 0 unspecified atom stereocenters. The third-order valence-electron chi connectivity index (χ3n) is 3.73. The van der Waals surface area contributed by atoms with Crippen LogP contribution in [0.4, 0.5) is 0 Å². The van der Waals surface area contributed by atoms with Crippen LogP contribution in [0.1, 0.15) is 43.6 Å². The number of aromatic nitrogens is 1. The SMILES string of the molecule is CCC(CC)(CCO)CNC(=O)c1ccc(Cl)cn1. The zero-order valence-corrected chi connectivity index (χ0v) is 12.2. The van der Waals surface area contributed by atoms with E-state index >= 15 is 0 Å². The van der Waals surface area contributed by atoms with Gasteiger partial charge in [-0.15, -0.1) is 0 Å². The Balaban J connectivity index is 2.64. The van der Waals surface area contributed by atoms with Crippen molar-refractivity contribution < 1.29 is 9.90 Å². The highest BCUT2D eigenvalue weighted by molar-refractivity contribution is 6.30. The minimum Gasteiger partial charge on any atom is -0.396 e.